The van der Waals surface area contributed by atoms with Crippen LogP contribution in [0.4, 0.5) is 0 Å². The maximum atomic E-state index is 12.5. The lowest BCUT2D eigenvalue weighted by Crippen LogP contribution is -2.35. The Kier molecular flexibility index (Phi) is 4.57. The second kappa shape index (κ2) is 7.02. The number of fused-ring (bicyclic) bond motifs is 1. The largest absolute Gasteiger partial charge is 0.306 e. The van der Waals surface area contributed by atoms with E-state index in [1.54, 1.807) is 12.1 Å². The molecule has 1 N–H and O–H groups in total. The summed E-state index contributed by atoms with van der Waals surface area (Å²) in [5, 5.41) is 0.658. The van der Waals surface area contributed by atoms with Gasteiger partial charge in [-0.1, -0.05) is 17.7 Å². The molecule has 5 nitrogen and oxygen atoms in total. The van der Waals surface area contributed by atoms with E-state index in [1.165, 1.54) is 5.56 Å². The zero-order valence-electron chi connectivity index (χ0n) is 14.5. The maximum Gasteiger partial charge on any atom is 0.254 e. The zero-order valence-corrected chi connectivity index (χ0v) is 15.3. The Morgan fingerprint density at radius 1 is 1.23 bits per heavy atom. The van der Waals surface area contributed by atoms with Crippen molar-refractivity contribution >= 4 is 11.6 Å². The first-order valence-electron chi connectivity index (χ1n) is 8.61. The van der Waals surface area contributed by atoms with Crippen LogP contribution in [0.25, 0.3) is 11.4 Å². The lowest BCUT2D eigenvalue weighted by molar-refractivity contribution is 0.237. The predicted octanol–water partition coefficient (Wildman–Crippen LogP) is 3.35. The van der Waals surface area contributed by atoms with E-state index >= 15 is 0 Å². The van der Waals surface area contributed by atoms with Gasteiger partial charge in [-0.3, -0.25) is 14.7 Å². The molecule has 0 fully saturated rings. The maximum absolute atomic E-state index is 12.5. The van der Waals surface area contributed by atoms with E-state index in [9.17, 15) is 4.79 Å². The number of pyridine rings is 1. The van der Waals surface area contributed by atoms with E-state index in [0.29, 0.717) is 23.8 Å². The molecule has 26 heavy (non-hydrogen) atoms. The number of benzene rings is 1. The number of hydrogen-bond acceptors (Lipinski definition) is 4. The number of nitrogens with one attached hydrogen (secondary N) is 1. The zero-order chi connectivity index (χ0) is 18.1. The van der Waals surface area contributed by atoms with Gasteiger partial charge in [-0.2, -0.15) is 0 Å². The topological polar surface area (TPSA) is 61.9 Å². The first-order chi connectivity index (χ1) is 12.6. The van der Waals surface area contributed by atoms with E-state index in [2.05, 4.69) is 27.9 Å². The van der Waals surface area contributed by atoms with Gasteiger partial charge in [0.1, 0.15) is 5.82 Å². The molecule has 0 bridgehead atoms. The van der Waals surface area contributed by atoms with E-state index in [-0.39, 0.29) is 5.56 Å². The molecule has 3 heterocycles. The molecule has 1 aliphatic rings. The Morgan fingerprint density at radius 3 is 2.81 bits per heavy atom. The molecule has 6 heteroatoms. The van der Waals surface area contributed by atoms with Crippen LogP contribution in [0.5, 0.6) is 0 Å². The van der Waals surface area contributed by atoms with Gasteiger partial charge >= 0.3 is 0 Å². The summed E-state index contributed by atoms with van der Waals surface area (Å²) in [6.45, 7) is 4.31. The van der Waals surface area contributed by atoms with Crippen molar-refractivity contribution in [1.82, 2.24) is 19.9 Å². The van der Waals surface area contributed by atoms with Gasteiger partial charge in [0, 0.05) is 42.0 Å². The Balaban J connectivity index is 1.62. The van der Waals surface area contributed by atoms with Gasteiger partial charge < -0.3 is 4.98 Å². The summed E-state index contributed by atoms with van der Waals surface area (Å²) in [6.07, 6.45) is 2.52. The molecule has 3 aromatic rings. The van der Waals surface area contributed by atoms with Crippen molar-refractivity contribution in [2.45, 2.75) is 26.4 Å². The summed E-state index contributed by atoms with van der Waals surface area (Å²) in [5.41, 5.74) is 4.69. The first kappa shape index (κ1) is 16.9. The van der Waals surface area contributed by atoms with Crippen molar-refractivity contribution < 1.29 is 0 Å². The minimum Gasteiger partial charge on any atom is -0.306 e. The summed E-state index contributed by atoms with van der Waals surface area (Å²) in [6, 6.07) is 11.3. The number of rotatable bonds is 3. The van der Waals surface area contributed by atoms with Crippen molar-refractivity contribution in [3.63, 3.8) is 0 Å². The third kappa shape index (κ3) is 3.41. The van der Waals surface area contributed by atoms with Crippen molar-refractivity contribution in [3.8, 4) is 11.4 Å². The summed E-state index contributed by atoms with van der Waals surface area (Å²) in [7, 11) is 0. The number of halogens is 1. The molecule has 0 saturated carbocycles. The molecule has 1 aliphatic heterocycles. The van der Waals surface area contributed by atoms with Crippen LogP contribution < -0.4 is 5.56 Å². The second-order valence-corrected chi connectivity index (χ2v) is 7.01. The van der Waals surface area contributed by atoms with Crippen molar-refractivity contribution in [2.24, 2.45) is 0 Å². The number of aromatic amines is 1. The highest BCUT2D eigenvalue weighted by Crippen LogP contribution is 2.21. The number of H-pyrrole nitrogens is 1. The molecule has 0 radical (unpaired) electrons. The molecule has 1 aromatic carbocycles. The predicted molar refractivity (Wildman–Crippen MR) is 102 cm³/mol. The summed E-state index contributed by atoms with van der Waals surface area (Å²) in [5.74, 6) is 0.585. The highest BCUT2D eigenvalue weighted by atomic mass is 35.5. The van der Waals surface area contributed by atoms with Gasteiger partial charge in [-0.15, -0.1) is 0 Å². The van der Waals surface area contributed by atoms with Crippen molar-refractivity contribution in [1.29, 1.82) is 0 Å². The van der Waals surface area contributed by atoms with E-state index in [4.69, 9.17) is 16.6 Å². The van der Waals surface area contributed by atoms with E-state index in [1.807, 2.05) is 24.4 Å². The molecule has 132 valence electrons. The summed E-state index contributed by atoms with van der Waals surface area (Å²) >= 11 is 5.95. The second-order valence-electron chi connectivity index (χ2n) is 6.57. The number of hydrogen-bond donors (Lipinski definition) is 1. The molecule has 4 rings (SSSR count). The third-order valence-electron chi connectivity index (χ3n) is 4.76. The molecule has 0 saturated heterocycles. The fraction of sp³-hybridized carbons (Fsp3) is 0.250. The summed E-state index contributed by atoms with van der Waals surface area (Å²) in [4.78, 5) is 26.9. The Hall–Kier alpha value is -2.50. The van der Waals surface area contributed by atoms with Crippen molar-refractivity contribution in [2.75, 3.05) is 6.54 Å². The van der Waals surface area contributed by atoms with Crippen LogP contribution >= 0.6 is 11.6 Å². The van der Waals surface area contributed by atoms with Crippen LogP contribution in [0.3, 0.4) is 0 Å². The normalized spacial score (nSPS) is 14.2. The highest BCUT2D eigenvalue weighted by molar-refractivity contribution is 6.30. The first-order valence-corrected chi connectivity index (χ1v) is 8.99. The lowest BCUT2D eigenvalue weighted by Gasteiger charge is -2.27. The minimum absolute atomic E-state index is 0.0476. The van der Waals surface area contributed by atoms with Crippen LogP contribution in [0, 0.1) is 6.92 Å². The molecule has 2 aromatic heterocycles. The third-order valence-corrected chi connectivity index (χ3v) is 5.01. The molecule has 0 amide bonds. The molecule has 0 aliphatic carbocycles. The number of aryl methyl sites for hydroxylation is 1. The van der Waals surface area contributed by atoms with Crippen LogP contribution in [0.2, 0.25) is 5.02 Å². The lowest BCUT2D eigenvalue weighted by atomic mass is 10.1. The molecule has 0 spiro atoms. The van der Waals surface area contributed by atoms with Crippen LogP contribution in [0.1, 0.15) is 22.5 Å². The standard InChI is InChI=1S/C20H19ClN4O/c1-13-3-2-9-22-17(13)11-25-10-8-16-18(12-25)23-19(24-20(16)26)14-4-6-15(21)7-5-14/h2-7,9H,8,10-12H2,1H3,(H,23,24,26). The van der Waals surface area contributed by atoms with Crippen LogP contribution in [0.15, 0.2) is 47.4 Å². The molecular weight excluding hydrogens is 348 g/mol. The number of nitrogens with zero attached hydrogens (tertiary/aromatic N) is 3. The van der Waals surface area contributed by atoms with E-state index < -0.39 is 0 Å². The molecule has 0 atom stereocenters. The summed E-state index contributed by atoms with van der Waals surface area (Å²) < 4.78 is 0. The van der Waals surface area contributed by atoms with Crippen molar-refractivity contribution in [3.05, 3.63) is 80.5 Å². The van der Waals surface area contributed by atoms with Gasteiger partial charge in [-0.25, -0.2) is 4.98 Å². The van der Waals surface area contributed by atoms with Gasteiger partial charge in [0.2, 0.25) is 0 Å². The van der Waals surface area contributed by atoms with Gasteiger partial charge in [-0.05, 0) is 49.2 Å². The minimum atomic E-state index is -0.0476. The van der Waals surface area contributed by atoms with Gasteiger partial charge in [0.05, 0.1) is 11.4 Å². The van der Waals surface area contributed by atoms with Gasteiger partial charge in [0.15, 0.2) is 0 Å². The monoisotopic (exact) mass is 366 g/mol. The smallest absolute Gasteiger partial charge is 0.254 e. The quantitative estimate of drug-likeness (QED) is 0.772. The average molecular weight is 367 g/mol. The fourth-order valence-corrected chi connectivity index (χ4v) is 3.39. The Bertz CT molecular complexity index is 997. The van der Waals surface area contributed by atoms with Gasteiger partial charge in [0.25, 0.3) is 5.56 Å². The average Bonchev–Trinajstić information content (AvgIpc) is 2.64. The van der Waals surface area contributed by atoms with Crippen LogP contribution in [-0.2, 0) is 19.5 Å². The molecular formula is C20H19ClN4O. The highest BCUT2D eigenvalue weighted by Gasteiger charge is 2.22. The molecule has 0 unspecified atom stereocenters. The Labute approximate surface area is 156 Å². The SMILES string of the molecule is Cc1cccnc1CN1CCc2c(nc(-c3ccc(Cl)cc3)[nH]c2=O)C1. The van der Waals surface area contributed by atoms with E-state index in [0.717, 1.165) is 35.6 Å². The Morgan fingerprint density at radius 2 is 2.04 bits per heavy atom. The number of aromatic nitrogens is 3. The van der Waals surface area contributed by atoms with Crippen LogP contribution in [-0.4, -0.2) is 26.4 Å². The fourth-order valence-electron chi connectivity index (χ4n) is 3.27.